The average Bonchev–Trinajstić information content (AvgIpc) is 2.44. The highest BCUT2D eigenvalue weighted by Gasteiger charge is 2.16. The van der Waals surface area contributed by atoms with Crippen molar-refractivity contribution in [2.75, 3.05) is 6.61 Å². The van der Waals surface area contributed by atoms with Crippen molar-refractivity contribution in [1.29, 1.82) is 0 Å². The molecule has 0 aliphatic rings. The summed E-state index contributed by atoms with van der Waals surface area (Å²) in [4.78, 5) is 11.5. The molecule has 1 unspecified atom stereocenters. The monoisotopic (exact) mass is 272 g/mol. The molecule has 0 heterocycles. The van der Waals surface area contributed by atoms with Gasteiger partial charge < -0.3 is 9.84 Å². The van der Waals surface area contributed by atoms with Gasteiger partial charge in [-0.15, -0.1) is 0 Å². The second-order valence-corrected chi connectivity index (χ2v) is 5.17. The molecule has 106 valence electrons. The molecule has 0 radical (unpaired) electrons. The summed E-state index contributed by atoms with van der Waals surface area (Å²) in [6, 6.07) is 11.1. The van der Waals surface area contributed by atoms with Gasteiger partial charge in [0.1, 0.15) is 11.3 Å². The topological polar surface area (TPSA) is 46.5 Å². The maximum atomic E-state index is 11.5. The molecule has 0 bridgehead atoms. The Labute approximate surface area is 119 Å². The van der Waals surface area contributed by atoms with Crippen molar-refractivity contribution in [3.8, 4) is 5.75 Å². The van der Waals surface area contributed by atoms with E-state index in [1.165, 1.54) is 0 Å². The van der Waals surface area contributed by atoms with Gasteiger partial charge in [0.05, 0.1) is 6.61 Å². The molecule has 2 rings (SSSR count). The van der Waals surface area contributed by atoms with E-state index in [9.17, 15) is 9.90 Å². The molecule has 0 saturated carbocycles. The number of hydrogen-bond donors (Lipinski definition) is 1. The number of fused-ring (bicyclic) bond motifs is 1. The normalized spacial score (nSPS) is 12.3. The quantitative estimate of drug-likeness (QED) is 0.850. The Morgan fingerprint density at radius 1 is 1.25 bits per heavy atom. The minimum atomic E-state index is -0.944. The first-order chi connectivity index (χ1) is 9.63. The molecule has 2 aromatic carbocycles. The van der Waals surface area contributed by atoms with Gasteiger partial charge >= 0.3 is 5.97 Å². The third kappa shape index (κ3) is 3.10. The number of carboxylic acids is 1. The number of carbonyl (C=O) groups is 1. The number of rotatable bonds is 6. The summed E-state index contributed by atoms with van der Waals surface area (Å²) >= 11 is 0. The number of aromatic carboxylic acids is 1. The molecular weight excluding hydrogens is 252 g/mol. The standard InChI is InChI=1S/C17H20O3/c1-3-6-12(2)11-20-15-10-9-13-7-4-5-8-14(13)16(15)17(18)19/h4-5,7-10,12H,3,6,11H2,1-2H3,(H,18,19). The van der Waals surface area contributed by atoms with E-state index in [-0.39, 0.29) is 5.56 Å². The van der Waals surface area contributed by atoms with Crippen LogP contribution in [0, 0.1) is 5.92 Å². The molecular formula is C17H20O3. The summed E-state index contributed by atoms with van der Waals surface area (Å²) in [6.45, 7) is 4.80. The Hall–Kier alpha value is -2.03. The molecule has 0 aliphatic carbocycles. The number of hydrogen-bond acceptors (Lipinski definition) is 2. The van der Waals surface area contributed by atoms with Gasteiger partial charge in [-0.1, -0.05) is 50.6 Å². The molecule has 1 atom stereocenters. The molecule has 3 nitrogen and oxygen atoms in total. The Morgan fingerprint density at radius 3 is 2.70 bits per heavy atom. The van der Waals surface area contributed by atoms with Crippen LogP contribution in [0.25, 0.3) is 10.8 Å². The van der Waals surface area contributed by atoms with Crippen LogP contribution in [-0.4, -0.2) is 17.7 Å². The summed E-state index contributed by atoms with van der Waals surface area (Å²) in [5.41, 5.74) is 0.256. The highest BCUT2D eigenvalue weighted by molar-refractivity contribution is 6.06. The number of benzene rings is 2. The first-order valence-electron chi connectivity index (χ1n) is 7.01. The van der Waals surface area contributed by atoms with Gasteiger partial charge in [-0.25, -0.2) is 4.79 Å². The molecule has 0 spiro atoms. The van der Waals surface area contributed by atoms with E-state index >= 15 is 0 Å². The zero-order chi connectivity index (χ0) is 14.5. The predicted molar refractivity (Wildman–Crippen MR) is 80.5 cm³/mol. The molecule has 3 heteroatoms. The van der Waals surface area contributed by atoms with Gasteiger partial charge in [-0.05, 0) is 29.2 Å². The van der Waals surface area contributed by atoms with Gasteiger partial charge in [0.25, 0.3) is 0 Å². The Balaban J connectivity index is 2.33. The maximum Gasteiger partial charge on any atom is 0.340 e. The first kappa shape index (κ1) is 14.4. The van der Waals surface area contributed by atoms with Crippen molar-refractivity contribution < 1.29 is 14.6 Å². The van der Waals surface area contributed by atoms with Crippen molar-refractivity contribution in [2.24, 2.45) is 5.92 Å². The predicted octanol–water partition coefficient (Wildman–Crippen LogP) is 4.35. The summed E-state index contributed by atoms with van der Waals surface area (Å²) in [6.07, 6.45) is 2.18. The largest absolute Gasteiger partial charge is 0.492 e. The summed E-state index contributed by atoms with van der Waals surface area (Å²) in [5.74, 6) is -0.0628. The molecule has 2 aromatic rings. The van der Waals surface area contributed by atoms with Crippen LogP contribution >= 0.6 is 0 Å². The molecule has 0 aromatic heterocycles. The summed E-state index contributed by atoms with van der Waals surface area (Å²) in [7, 11) is 0. The van der Waals surface area contributed by atoms with Crippen molar-refractivity contribution >= 4 is 16.7 Å². The molecule has 0 amide bonds. The van der Waals surface area contributed by atoms with E-state index in [4.69, 9.17) is 4.74 Å². The average molecular weight is 272 g/mol. The van der Waals surface area contributed by atoms with Crippen molar-refractivity contribution in [1.82, 2.24) is 0 Å². The summed E-state index contributed by atoms with van der Waals surface area (Å²) < 4.78 is 5.74. The SMILES string of the molecule is CCCC(C)COc1ccc2ccccc2c1C(=O)O. The molecule has 0 saturated heterocycles. The highest BCUT2D eigenvalue weighted by atomic mass is 16.5. The fourth-order valence-corrected chi connectivity index (χ4v) is 2.40. The third-order valence-electron chi connectivity index (χ3n) is 3.41. The van der Waals surface area contributed by atoms with Crippen molar-refractivity contribution in [3.63, 3.8) is 0 Å². The maximum absolute atomic E-state index is 11.5. The van der Waals surface area contributed by atoms with E-state index in [1.807, 2.05) is 30.3 Å². The Kier molecular flexibility index (Phi) is 4.61. The third-order valence-corrected chi connectivity index (χ3v) is 3.41. The van der Waals surface area contributed by atoms with E-state index < -0.39 is 5.97 Å². The second-order valence-electron chi connectivity index (χ2n) is 5.17. The van der Waals surface area contributed by atoms with Crippen molar-refractivity contribution in [2.45, 2.75) is 26.7 Å². The van der Waals surface area contributed by atoms with Crippen LogP contribution in [0.1, 0.15) is 37.0 Å². The van der Waals surface area contributed by atoms with Gasteiger partial charge in [-0.3, -0.25) is 0 Å². The molecule has 1 N–H and O–H groups in total. The van der Waals surface area contributed by atoms with Crippen LogP contribution in [0.4, 0.5) is 0 Å². The van der Waals surface area contributed by atoms with Crippen LogP contribution in [0.2, 0.25) is 0 Å². The van der Waals surface area contributed by atoms with Crippen LogP contribution in [0.15, 0.2) is 36.4 Å². The minimum Gasteiger partial charge on any atom is -0.492 e. The van der Waals surface area contributed by atoms with Crippen LogP contribution in [-0.2, 0) is 0 Å². The zero-order valence-corrected chi connectivity index (χ0v) is 11.9. The Morgan fingerprint density at radius 2 is 2.00 bits per heavy atom. The van der Waals surface area contributed by atoms with Crippen LogP contribution in [0.5, 0.6) is 5.75 Å². The van der Waals surface area contributed by atoms with Gasteiger partial charge in [0, 0.05) is 0 Å². The first-order valence-corrected chi connectivity index (χ1v) is 7.01. The fraction of sp³-hybridized carbons (Fsp3) is 0.353. The van der Waals surface area contributed by atoms with Crippen LogP contribution in [0.3, 0.4) is 0 Å². The smallest absolute Gasteiger partial charge is 0.340 e. The lowest BCUT2D eigenvalue weighted by Crippen LogP contribution is -2.11. The minimum absolute atomic E-state index is 0.256. The van der Waals surface area contributed by atoms with Crippen LogP contribution < -0.4 is 4.74 Å². The van der Waals surface area contributed by atoms with Gasteiger partial charge in [-0.2, -0.15) is 0 Å². The summed E-state index contributed by atoms with van der Waals surface area (Å²) in [5, 5.41) is 11.1. The van der Waals surface area contributed by atoms with E-state index in [0.29, 0.717) is 18.3 Å². The molecule has 20 heavy (non-hydrogen) atoms. The lowest BCUT2D eigenvalue weighted by molar-refractivity contribution is 0.0693. The van der Waals surface area contributed by atoms with E-state index in [1.54, 1.807) is 6.07 Å². The van der Waals surface area contributed by atoms with Crippen molar-refractivity contribution in [3.05, 3.63) is 42.0 Å². The lowest BCUT2D eigenvalue weighted by atomic mass is 10.0. The van der Waals surface area contributed by atoms with Gasteiger partial charge in [0.2, 0.25) is 0 Å². The number of ether oxygens (including phenoxy) is 1. The van der Waals surface area contributed by atoms with Gasteiger partial charge in [0.15, 0.2) is 0 Å². The second kappa shape index (κ2) is 6.42. The lowest BCUT2D eigenvalue weighted by Gasteiger charge is -2.15. The highest BCUT2D eigenvalue weighted by Crippen LogP contribution is 2.28. The van der Waals surface area contributed by atoms with E-state index in [0.717, 1.165) is 23.6 Å². The molecule has 0 fully saturated rings. The number of carboxylic acid groups (broad SMARTS) is 1. The molecule has 0 aliphatic heterocycles. The fourth-order valence-electron chi connectivity index (χ4n) is 2.40. The zero-order valence-electron chi connectivity index (χ0n) is 11.9. The van der Waals surface area contributed by atoms with E-state index in [2.05, 4.69) is 13.8 Å². The Bertz CT molecular complexity index is 604.